The Morgan fingerprint density at radius 1 is 1.18 bits per heavy atom. The number of fused-ring (bicyclic) bond motifs is 1. The smallest absolute Gasteiger partial charge is 0.241 e. The third-order valence-electron chi connectivity index (χ3n) is 6.93. The molecule has 1 saturated carbocycles. The van der Waals surface area contributed by atoms with E-state index in [-0.39, 0.29) is 12.1 Å². The highest BCUT2D eigenvalue weighted by atomic mass is 16.5. The van der Waals surface area contributed by atoms with Crippen LogP contribution in [0, 0.1) is 0 Å². The number of rotatable bonds is 7. The first-order valence-corrected chi connectivity index (χ1v) is 12.1. The van der Waals surface area contributed by atoms with Crippen molar-refractivity contribution in [1.29, 1.82) is 0 Å². The molecule has 0 aromatic carbocycles. The molecule has 1 aliphatic heterocycles. The Morgan fingerprint density at radius 3 is 2.73 bits per heavy atom. The molecule has 3 aromatic rings. The lowest BCUT2D eigenvalue weighted by Crippen LogP contribution is -2.23. The summed E-state index contributed by atoms with van der Waals surface area (Å²) in [6.45, 7) is 4.21. The van der Waals surface area contributed by atoms with Gasteiger partial charge < -0.3 is 19.9 Å². The number of aliphatic hydroxyl groups excluding tert-OH is 1. The molecule has 1 aliphatic carbocycles. The minimum Gasteiger partial charge on any atom is -0.393 e. The molecule has 1 saturated heterocycles. The van der Waals surface area contributed by atoms with E-state index in [1.54, 1.807) is 7.11 Å². The highest BCUT2D eigenvalue weighted by molar-refractivity contribution is 5.81. The van der Waals surface area contributed by atoms with E-state index >= 15 is 0 Å². The zero-order valence-corrected chi connectivity index (χ0v) is 19.5. The van der Waals surface area contributed by atoms with E-state index < -0.39 is 0 Å². The topological polar surface area (TPSA) is 98.7 Å². The van der Waals surface area contributed by atoms with Crippen LogP contribution >= 0.6 is 0 Å². The molecule has 2 N–H and O–H groups in total. The molecule has 9 heteroatoms. The first kappa shape index (κ1) is 22.3. The van der Waals surface area contributed by atoms with E-state index in [4.69, 9.17) is 14.6 Å². The molecular formula is C24H34N6O3. The molecule has 9 nitrogen and oxygen atoms in total. The van der Waals surface area contributed by atoms with Crippen LogP contribution < -0.4 is 5.32 Å². The van der Waals surface area contributed by atoms with Crippen molar-refractivity contribution in [3.8, 4) is 11.1 Å². The van der Waals surface area contributed by atoms with Crippen LogP contribution in [0.25, 0.3) is 16.6 Å². The number of ether oxygens (including phenoxy) is 2. The molecular weight excluding hydrogens is 420 g/mol. The van der Waals surface area contributed by atoms with Gasteiger partial charge in [-0.2, -0.15) is 5.10 Å². The van der Waals surface area contributed by atoms with E-state index in [2.05, 4.69) is 32.3 Å². The molecule has 33 heavy (non-hydrogen) atoms. The van der Waals surface area contributed by atoms with Gasteiger partial charge in [0.15, 0.2) is 0 Å². The molecule has 0 bridgehead atoms. The summed E-state index contributed by atoms with van der Waals surface area (Å²) in [7, 11) is 1.69. The van der Waals surface area contributed by atoms with Crippen molar-refractivity contribution in [2.24, 2.45) is 0 Å². The number of nitrogens with zero attached hydrogens (tertiary/aromatic N) is 5. The van der Waals surface area contributed by atoms with Crippen LogP contribution in [0.2, 0.25) is 0 Å². The van der Waals surface area contributed by atoms with Crippen molar-refractivity contribution in [1.82, 2.24) is 24.4 Å². The molecule has 0 amide bonds. The number of hydrogen-bond donors (Lipinski definition) is 2. The maximum atomic E-state index is 10.0. The monoisotopic (exact) mass is 454 g/mol. The maximum Gasteiger partial charge on any atom is 0.241 e. The zero-order chi connectivity index (χ0) is 22.8. The van der Waals surface area contributed by atoms with Crippen LogP contribution in [0.4, 0.5) is 5.95 Å². The van der Waals surface area contributed by atoms with Gasteiger partial charge >= 0.3 is 0 Å². The van der Waals surface area contributed by atoms with Gasteiger partial charge in [0.05, 0.1) is 36.7 Å². The number of nitrogens with one attached hydrogen (secondary N) is 1. The number of methoxy groups -OCH3 is 1. The Bertz CT molecular complexity index is 1070. The summed E-state index contributed by atoms with van der Waals surface area (Å²) >= 11 is 0. The molecule has 2 fully saturated rings. The molecule has 0 spiro atoms. The van der Waals surface area contributed by atoms with Crippen molar-refractivity contribution in [3.63, 3.8) is 0 Å². The fourth-order valence-electron chi connectivity index (χ4n) is 5.11. The van der Waals surface area contributed by atoms with E-state index in [0.29, 0.717) is 24.5 Å². The predicted molar refractivity (Wildman–Crippen MR) is 125 cm³/mol. The fourth-order valence-corrected chi connectivity index (χ4v) is 5.11. The zero-order valence-electron chi connectivity index (χ0n) is 19.5. The third-order valence-corrected chi connectivity index (χ3v) is 6.93. The standard InChI is InChI=1S/C24H34N6O3/c1-16(15-32-2)27-24-25-13-23-21(18-12-26-29(14-18)19-7-9-33-10-8-19)11-22(30(23)28-24)17-3-5-20(31)6-4-17/h11-14,16-17,19-20,31H,3-10,15H2,1-2H3,(H,27,28)/t16-,17-,20-/m0/s1. The van der Waals surface area contributed by atoms with Crippen LogP contribution in [0.5, 0.6) is 0 Å². The van der Waals surface area contributed by atoms with Gasteiger partial charge in [-0.1, -0.05) is 0 Å². The Labute approximate surface area is 194 Å². The summed E-state index contributed by atoms with van der Waals surface area (Å²) in [5, 5.41) is 22.9. The normalized spacial score (nSPS) is 23.1. The van der Waals surface area contributed by atoms with Gasteiger partial charge in [0.1, 0.15) is 0 Å². The summed E-state index contributed by atoms with van der Waals surface area (Å²) in [4.78, 5) is 4.60. The van der Waals surface area contributed by atoms with Crippen LogP contribution in [-0.2, 0) is 9.47 Å². The second kappa shape index (κ2) is 9.79. The summed E-state index contributed by atoms with van der Waals surface area (Å²) < 4.78 is 14.9. The average molecular weight is 455 g/mol. The molecule has 178 valence electrons. The second-order valence-corrected chi connectivity index (χ2v) is 9.42. The van der Waals surface area contributed by atoms with Gasteiger partial charge in [0.25, 0.3) is 0 Å². The largest absolute Gasteiger partial charge is 0.393 e. The number of anilines is 1. The van der Waals surface area contributed by atoms with E-state index in [0.717, 1.165) is 68.4 Å². The summed E-state index contributed by atoms with van der Waals surface area (Å²) in [6.07, 6.45) is 11.4. The lowest BCUT2D eigenvalue weighted by atomic mass is 9.85. The molecule has 5 rings (SSSR count). The first-order valence-electron chi connectivity index (χ1n) is 12.1. The molecule has 1 atom stereocenters. The van der Waals surface area contributed by atoms with Crippen molar-refractivity contribution in [3.05, 3.63) is 30.4 Å². The van der Waals surface area contributed by atoms with Gasteiger partial charge in [-0.25, -0.2) is 9.50 Å². The average Bonchev–Trinajstić information content (AvgIpc) is 3.45. The molecule has 0 radical (unpaired) electrons. The highest BCUT2D eigenvalue weighted by Crippen LogP contribution is 2.38. The van der Waals surface area contributed by atoms with Gasteiger partial charge in [-0.05, 0) is 51.5 Å². The number of aliphatic hydroxyl groups is 1. The third kappa shape index (κ3) is 4.76. The van der Waals surface area contributed by atoms with E-state index in [1.165, 1.54) is 5.69 Å². The molecule has 2 aliphatic rings. The Morgan fingerprint density at radius 2 is 1.97 bits per heavy atom. The summed E-state index contributed by atoms with van der Waals surface area (Å²) in [5.74, 6) is 0.948. The van der Waals surface area contributed by atoms with Gasteiger partial charge in [-0.15, -0.1) is 5.10 Å². The van der Waals surface area contributed by atoms with Crippen LogP contribution in [0.15, 0.2) is 24.7 Å². The van der Waals surface area contributed by atoms with Crippen molar-refractivity contribution in [2.45, 2.75) is 69.6 Å². The highest BCUT2D eigenvalue weighted by Gasteiger charge is 2.26. The lowest BCUT2D eigenvalue weighted by Gasteiger charge is -2.25. The molecule has 3 aromatic heterocycles. The van der Waals surface area contributed by atoms with Gasteiger partial charge in [0, 0.05) is 55.3 Å². The van der Waals surface area contributed by atoms with E-state index in [9.17, 15) is 5.11 Å². The van der Waals surface area contributed by atoms with E-state index in [1.807, 2.05) is 23.8 Å². The fraction of sp³-hybridized carbons (Fsp3) is 0.625. The van der Waals surface area contributed by atoms with Crippen molar-refractivity contribution < 1.29 is 14.6 Å². The second-order valence-electron chi connectivity index (χ2n) is 9.42. The quantitative estimate of drug-likeness (QED) is 0.564. The predicted octanol–water partition coefficient (Wildman–Crippen LogP) is 3.41. The van der Waals surface area contributed by atoms with Crippen LogP contribution in [0.1, 0.15) is 63.1 Å². The summed E-state index contributed by atoms with van der Waals surface area (Å²) in [6, 6.07) is 2.74. The Hall–Kier alpha value is -2.49. The minimum atomic E-state index is -0.189. The molecule has 0 unspecified atom stereocenters. The van der Waals surface area contributed by atoms with Crippen molar-refractivity contribution >= 4 is 11.5 Å². The molecule has 4 heterocycles. The van der Waals surface area contributed by atoms with Crippen LogP contribution in [0.3, 0.4) is 0 Å². The maximum absolute atomic E-state index is 10.0. The van der Waals surface area contributed by atoms with Crippen molar-refractivity contribution in [2.75, 3.05) is 32.2 Å². The number of aromatic nitrogens is 5. The van der Waals surface area contributed by atoms with Gasteiger partial charge in [0.2, 0.25) is 5.95 Å². The first-order chi connectivity index (χ1) is 16.1. The Kier molecular flexibility index (Phi) is 6.62. The number of hydrogen-bond acceptors (Lipinski definition) is 7. The van der Waals surface area contributed by atoms with Gasteiger partial charge in [-0.3, -0.25) is 4.68 Å². The lowest BCUT2D eigenvalue weighted by molar-refractivity contribution is 0.0662. The SMILES string of the molecule is COC[C@H](C)Nc1ncc2c(-c3cnn(C4CCOCC4)c3)cc([C@H]3CC[C@H](O)CC3)n2n1. The minimum absolute atomic E-state index is 0.105. The Balaban J connectivity index is 1.51. The summed E-state index contributed by atoms with van der Waals surface area (Å²) in [5.41, 5.74) is 4.34. The van der Waals surface area contributed by atoms with Crippen LogP contribution in [-0.4, -0.2) is 68.6 Å².